The van der Waals surface area contributed by atoms with Gasteiger partial charge in [0, 0.05) is 19.1 Å². The molecule has 2 amide bonds. The molecular weight excluding hydrogens is 270 g/mol. The summed E-state index contributed by atoms with van der Waals surface area (Å²) in [4.78, 5) is 26.8. The van der Waals surface area contributed by atoms with Gasteiger partial charge in [-0.05, 0) is 38.8 Å². The highest BCUT2D eigenvalue weighted by molar-refractivity contribution is 5.80. The van der Waals surface area contributed by atoms with Crippen LogP contribution in [0.25, 0.3) is 0 Å². The number of aliphatic carboxylic acids is 1. The molecule has 0 aromatic rings. The van der Waals surface area contributed by atoms with Crippen molar-refractivity contribution in [3.63, 3.8) is 0 Å². The lowest BCUT2D eigenvalue weighted by Crippen LogP contribution is -2.50. The summed E-state index contributed by atoms with van der Waals surface area (Å²) in [6.07, 6.45) is 3.73. The van der Waals surface area contributed by atoms with E-state index >= 15 is 0 Å². The van der Waals surface area contributed by atoms with Crippen molar-refractivity contribution in [1.82, 2.24) is 15.1 Å². The number of carboxylic acid groups (broad SMARTS) is 1. The van der Waals surface area contributed by atoms with Crippen LogP contribution in [0.15, 0.2) is 0 Å². The Kier molecular flexibility index (Phi) is 7.50. The molecule has 1 fully saturated rings. The number of piperidine rings is 1. The quantitative estimate of drug-likeness (QED) is 0.749. The Labute approximate surface area is 127 Å². The zero-order valence-corrected chi connectivity index (χ0v) is 13.5. The van der Waals surface area contributed by atoms with E-state index in [1.54, 1.807) is 0 Å². The third-order valence-electron chi connectivity index (χ3n) is 3.55. The number of carboxylic acids is 1. The number of amides is 2. The van der Waals surface area contributed by atoms with E-state index in [4.69, 9.17) is 5.11 Å². The summed E-state index contributed by atoms with van der Waals surface area (Å²) in [7, 11) is 0. The largest absolute Gasteiger partial charge is 0.480 e. The SMILES string of the molecule is CC(C)CN(CC(=O)O)C(=O)NC(C)CN1CCCCC1. The van der Waals surface area contributed by atoms with Gasteiger partial charge in [0.1, 0.15) is 6.54 Å². The lowest BCUT2D eigenvalue weighted by atomic mass is 10.1. The van der Waals surface area contributed by atoms with Crippen molar-refractivity contribution < 1.29 is 14.7 Å². The molecule has 1 heterocycles. The molecule has 1 rings (SSSR count). The Balaban J connectivity index is 2.44. The van der Waals surface area contributed by atoms with E-state index in [-0.39, 0.29) is 24.5 Å². The van der Waals surface area contributed by atoms with Crippen LogP contribution in [0.1, 0.15) is 40.0 Å². The van der Waals surface area contributed by atoms with E-state index in [9.17, 15) is 9.59 Å². The molecule has 1 aliphatic heterocycles. The van der Waals surface area contributed by atoms with Gasteiger partial charge in [-0.2, -0.15) is 0 Å². The molecule has 0 radical (unpaired) electrons. The molecule has 0 spiro atoms. The van der Waals surface area contributed by atoms with Crippen molar-refractivity contribution in [3.8, 4) is 0 Å². The zero-order valence-electron chi connectivity index (χ0n) is 13.5. The van der Waals surface area contributed by atoms with Crippen molar-refractivity contribution in [3.05, 3.63) is 0 Å². The molecule has 21 heavy (non-hydrogen) atoms. The number of nitrogens with one attached hydrogen (secondary N) is 1. The van der Waals surface area contributed by atoms with E-state index in [0.29, 0.717) is 6.54 Å². The Morgan fingerprint density at radius 2 is 1.81 bits per heavy atom. The van der Waals surface area contributed by atoms with Gasteiger partial charge in [-0.1, -0.05) is 20.3 Å². The van der Waals surface area contributed by atoms with Crippen LogP contribution in [0.2, 0.25) is 0 Å². The van der Waals surface area contributed by atoms with Crippen molar-refractivity contribution >= 4 is 12.0 Å². The molecule has 1 aliphatic rings. The fraction of sp³-hybridized carbons (Fsp3) is 0.867. The average molecular weight is 299 g/mol. The summed E-state index contributed by atoms with van der Waals surface area (Å²) < 4.78 is 0. The van der Waals surface area contributed by atoms with Gasteiger partial charge < -0.3 is 20.2 Å². The number of urea groups is 1. The molecule has 1 saturated heterocycles. The van der Waals surface area contributed by atoms with Gasteiger partial charge in [-0.25, -0.2) is 4.79 Å². The first-order valence-electron chi connectivity index (χ1n) is 7.88. The van der Waals surface area contributed by atoms with Crippen molar-refractivity contribution in [2.75, 3.05) is 32.7 Å². The van der Waals surface area contributed by atoms with Crippen LogP contribution < -0.4 is 5.32 Å². The molecule has 0 saturated carbocycles. The third kappa shape index (κ3) is 7.32. The lowest BCUT2D eigenvalue weighted by molar-refractivity contribution is -0.137. The molecule has 1 unspecified atom stereocenters. The van der Waals surface area contributed by atoms with Crippen LogP contribution in [-0.2, 0) is 4.79 Å². The number of rotatable bonds is 7. The molecule has 0 bridgehead atoms. The van der Waals surface area contributed by atoms with Crippen molar-refractivity contribution in [2.45, 2.75) is 46.1 Å². The first-order valence-corrected chi connectivity index (χ1v) is 7.88. The second-order valence-corrected chi connectivity index (χ2v) is 6.38. The summed E-state index contributed by atoms with van der Waals surface area (Å²) in [6.45, 7) is 9.12. The van der Waals surface area contributed by atoms with Crippen LogP contribution >= 0.6 is 0 Å². The molecule has 6 nitrogen and oxygen atoms in total. The van der Waals surface area contributed by atoms with Gasteiger partial charge in [-0.3, -0.25) is 4.79 Å². The molecule has 1 atom stereocenters. The molecule has 0 aromatic carbocycles. The summed E-state index contributed by atoms with van der Waals surface area (Å²) in [6, 6.07) is -0.255. The van der Waals surface area contributed by atoms with Gasteiger partial charge in [0.05, 0.1) is 0 Å². The normalized spacial score (nSPS) is 17.5. The monoisotopic (exact) mass is 299 g/mol. The predicted molar refractivity (Wildman–Crippen MR) is 82.3 cm³/mol. The van der Waals surface area contributed by atoms with Crippen molar-refractivity contribution in [1.29, 1.82) is 0 Å². The summed E-state index contributed by atoms with van der Waals surface area (Å²) in [5.41, 5.74) is 0. The Bertz CT molecular complexity index is 341. The maximum Gasteiger partial charge on any atom is 0.323 e. The van der Waals surface area contributed by atoms with Gasteiger partial charge in [0.15, 0.2) is 0 Å². The van der Waals surface area contributed by atoms with Gasteiger partial charge in [0.25, 0.3) is 0 Å². The zero-order chi connectivity index (χ0) is 15.8. The van der Waals surface area contributed by atoms with E-state index < -0.39 is 5.97 Å². The van der Waals surface area contributed by atoms with Crippen LogP contribution in [0, 0.1) is 5.92 Å². The Morgan fingerprint density at radius 1 is 1.19 bits per heavy atom. The number of carbonyl (C=O) groups excluding carboxylic acids is 1. The van der Waals surface area contributed by atoms with E-state index in [0.717, 1.165) is 19.6 Å². The summed E-state index contributed by atoms with van der Waals surface area (Å²) >= 11 is 0. The average Bonchev–Trinajstić information content (AvgIpc) is 2.37. The fourth-order valence-electron chi connectivity index (χ4n) is 2.70. The number of likely N-dealkylation sites (tertiary alicyclic amines) is 1. The summed E-state index contributed by atoms with van der Waals surface area (Å²) in [5, 5.41) is 11.8. The summed E-state index contributed by atoms with van der Waals surface area (Å²) in [5.74, 6) is -0.734. The smallest absolute Gasteiger partial charge is 0.323 e. The molecule has 0 aliphatic carbocycles. The highest BCUT2D eigenvalue weighted by atomic mass is 16.4. The first kappa shape index (κ1) is 17.8. The minimum Gasteiger partial charge on any atom is -0.480 e. The molecule has 0 aromatic heterocycles. The van der Waals surface area contributed by atoms with Gasteiger partial charge >= 0.3 is 12.0 Å². The highest BCUT2D eigenvalue weighted by Gasteiger charge is 2.21. The molecule has 122 valence electrons. The van der Waals surface area contributed by atoms with Crippen LogP contribution in [-0.4, -0.2) is 65.7 Å². The topological polar surface area (TPSA) is 72.9 Å². The second kappa shape index (κ2) is 8.87. The van der Waals surface area contributed by atoms with Crippen LogP contribution in [0.4, 0.5) is 4.79 Å². The lowest BCUT2D eigenvalue weighted by Gasteiger charge is -2.31. The van der Waals surface area contributed by atoms with E-state index in [1.165, 1.54) is 24.2 Å². The minimum absolute atomic E-state index is 0.0269. The maximum atomic E-state index is 12.2. The molecule has 6 heteroatoms. The van der Waals surface area contributed by atoms with Gasteiger partial charge in [0.2, 0.25) is 0 Å². The molecule has 2 N–H and O–H groups in total. The highest BCUT2D eigenvalue weighted by Crippen LogP contribution is 2.09. The number of hydrogen-bond acceptors (Lipinski definition) is 3. The van der Waals surface area contributed by atoms with Crippen LogP contribution in [0.3, 0.4) is 0 Å². The van der Waals surface area contributed by atoms with Crippen LogP contribution in [0.5, 0.6) is 0 Å². The third-order valence-corrected chi connectivity index (χ3v) is 3.55. The Hall–Kier alpha value is -1.30. The van der Waals surface area contributed by atoms with E-state index in [1.807, 2.05) is 20.8 Å². The Morgan fingerprint density at radius 3 is 2.33 bits per heavy atom. The maximum absolute atomic E-state index is 12.2. The molecular formula is C15H29N3O3. The number of nitrogens with zero attached hydrogens (tertiary/aromatic N) is 2. The standard InChI is InChI=1S/C15H29N3O3/c1-12(2)9-18(11-14(19)20)15(21)16-13(3)10-17-7-5-4-6-8-17/h12-13H,4-11H2,1-3H3,(H,16,21)(H,19,20). The fourth-order valence-corrected chi connectivity index (χ4v) is 2.70. The minimum atomic E-state index is -0.977. The number of hydrogen-bond donors (Lipinski definition) is 2. The van der Waals surface area contributed by atoms with Crippen molar-refractivity contribution in [2.24, 2.45) is 5.92 Å². The van der Waals surface area contributed by atoms with Gasteiger partial charge in [-0.15, -0.1) is 0 Å². The van der Waals surface area contributed by atoms with E-state index in [2.05, 4.69) is 10.2 Å². The second-order valence-electron chi connectivity index (χ2n) is 6.38. The number of carbonyl (C=O) groups is 2. The predicted octanol–water partition coefficient (Wildman–Crippen LogP) is 1.61. The first-order chi connectivity index (χ1) is 9.88.